The minimum Gasteiger partial charge on any atom is -0.406 e. The van der Waals surface area contributed by atoms with Crippen LogP contribution in [0.2, 0.25) is 0 Å². The first-order chi connectivity index (χ1) is 20.4. The lowest BCUT2D eigenvalue weighted by Gasteiger charge is -2.31. The lowest BCUT2D eigenvalue weighted by molar-refractivity contribution is -0.274. The lowest BCUT2D eigenvalue weighted by atomic mass is 9.86. The number of benzene rings is 3. The molecule has 2 aliphatic rings. The topological polar surface area (TPSA) is 108 Å². The molecule has 1 amide bonds. The number of ether oxygens (including phenoxy) is 1. The number of hydrogen-bond donors (Lipinski definition) is 3. The van der Waals surface area contributed by atoms with Crippen LogP contribution in [0.4, 0.5) is 18.9 Å². The summed E-state index contributed by atoms with van der Waals surface area (Å²) in [4.78, 5) is 15.4. The molecule has 230 valence electrons. The van der Waals surface area contributed by atoms with Gasteiger partial charge >= 0.3 is 6.36 Å². The highest BCUT2D eigenvalue weighted by Crippen LogP contribution is 2.34. The number of likely N-dealkylation sites (tertiary alicyclic amines) is 1. The Bertz CT molecular complexity index is 1550. The molecule has 0 unspecified atom stereocenters. The van der Waals surface area contributed by atoms with Gasteiger partial charge in [-0.2, -0.15) is 0 Å². The molecular weight excluding hydrogens is 583 g/mol. The molecule has 43 heavy (non-hydrogen) atoms. The molecule has 1 saturated heterocycles. The van der Waals surface area contributed by atoms with Gasteiger partial charge in [-0.15, -0.1) is 13.2 Å². The van der Waals surface area contributed by atoms with Crippen molar-refractivity contribution in [1.29, 1.82) is 0 Å². The van der Waals surface area contributed by atoms with E-state index in [0.717, 1.165) is 29.5 Å². The normalized spacial score (nSPS) is 20.9. The van der Waals surface area contributed by atoms with Crippen LogP contribution in [0.3, 0.4) is 0 Å². The summed E-state index contributed by atoms with van der Waals surface area (Å²) >= 11 is 0. The average Bonchev–Trinajstić information content (AvgIpc) is 3.43. The first kappa shape index (κ1) is 31.0. The summed E-state index contributed by atoms with van der Waals surface area (Å²) in [6.45, 7) is 3.01. The van der Waals surface area contributed by atoms with Gasteiger partial charge in [-0.3, -0.25) is 9.69 Å². The molecular formula is C31H34F3N3O5S. The highest BCUT2D eigenvalue weighted by molar-refractivity contribution is 7.89. The van der Waals surface area contributed by atoms with E-state index in [1.807, 2.05) is 17.9 Å². The van der Waals surface area contributed by atoms with Gasteiger partial charge in [-0.05, 0) is 97.3 Å². The Labute approximate surface area is 248 Å². The van der Waals surface area contributed by atoms with E-state index in [-0.39, 0.29) is 16.6 Å². The van der Waals surface area contributed by atoms with Crippen LogP contribution in [0.25, 0.3) is 0 Å². The number of aliphatic hydroxyl groups is 1. The maximum Gasteiger partial charge on any atom is 0.573 e. The van der Waals surface area contributed by atoms with Crippen LogP contribution in [0.5, 0.6) is 5.75 Å². The van der Waals surface area contributed by atoms with Crippen molar-refractivity contribution in [2.75, 3.05) is 11.9 Å². The molecule has 3 atom stereocenters. The Balaban J connectivity index is 1.28. The largest absolute Gasteiger partial charge is 0.573 e. The van der Waals surface area contributed by atoms with E-state index >= 15 is 0 Å². The lowest BCUT2D eigenvalue weighted by Crippen LogP contribution is -2.40. The predicted molar refractivity (Wildman–Crippen MR) is 155 cm³/mol. The summed E-state index contributed by atoms with van der Waals surface area (Å²) < 4.78 is 70.4. The van der Waals surface area contributed by atoms with Crippen LogP contribution in [0, 0.1) is 0 Å². The Hall–Kier alpha value is -3.45. The van der Waals surface area contributed by atoms with Crippen molar-refractivity contribution in [1.82, 2.24) is 9.62 Å². The van der Waals surface area contributed by atoms with Crippen molar-refractivity contribution in [3.63, 3.8) is 0 Å². The average molecular weight is 618 g/mol. The minimum absolute atomic E-state index is 0.109. The standard InChI is InChI=1S/C31H34F3N3O5S/c1-2-20-7-14-25(15-8-20)43(40,41)36-29-26-18-23(11-9-22(26)10-16-28(29)38)35-30(39)27-4-3-17-37(27)19-21-5-12-24(13-6-21)42-31(32,33)34/h5-9,11-15,18,27-29,36,38H,2-4,10,16-17,19H2,1H3,(H,35,39)/t27-,28-,29-/m1/s1. The van der Waals surface area contributed by atoms with Gasteiger partial charge in [-0.1, -0.05) is 37.3 Å². The van der Waals surface area contributed by atoms with Crippen molar-refractivity contribution in [3.05, 3.63) is 89.0 Å². The summed E-state index contributed by atoms with van der Waals surface area (Å²) in [5, 5.41) is 13.8. The zero-order valence-electron chi connectivity index (χ0n) is 23.6. The molecule has 1 heterocycles. The van der Waals surface area contributed by atoms with Crippen molar-refractivity contribution in [3.8, 4) is 5.75 Å². The molecule has 3 N–H and O–H groups in total. The van der Waals surface area contributed by atoms with Crippen LogP contribution in [-0.2, 0) is 34.2 Å². The molecule has 0 radical (unpaired) electrons. The molecule has 3 aromatic rings. The summed E-state index contributed by atoms with van der Waals surface area (Å²) in [5.41, 5.74) is 3.73. The third kappa shape index (κ3) is 7.56. The highest BCUT2D eigenvalue weighted by atomic mass is 32.2. The molecule has 0 bridgehead atoms. The molecule has 8 nitrogen and oxygen atoms in total. The third-order valence-corrected chi connectivity index (χ3v) is 9.43. The second-order valence-electron chi connectivity index (χ2n) is 10.9. The van der Waals surface area contributed by atoms with E-state index in [4.69, 9.17) is 0 Å². The number of carbonyl (C=O) groups is 1. The van der Waals surface area contributed by atoms with Crippen LogP contribution in [-0.4, -0.2) is 49.4 Å². The molecule has 0 aromatic heterocycles. The van der Waals surface area contributed by atoms with Gasteiger partial charge in [0.05, 0.1) is 23.1 Å². The molecule has 3 aromatic carbocycles. The smallest absolute Gasteiger partial charge is 0.406 e. The summed E-state index contributed by atoms with van der Waals surface area (Å²) in [5.74, 6) is -0.543. The van der Waals surface area contributed by atoms with Gasteiger partial charge in [0.1, 0.15) is 5.75 Å². The van der Waals surface area contributed by atoms with Crippen LogP contribution in [0.15, 0.2) is 71.6 Å². The first-order valence-corrected chi connectivity index (χ1v) is 15.7. The van der Waals surface area contributed by atoms with Crippen molar-refractivity contribution in [2.24, 2.45) is 0 Å². The Morgan fingerprint density at radius 1 is 1.02 bits per heavy atom. The number of carbonyl (C=O) groups excluding carboxylic acids is 1. The number of aryl methyl sites for hydroxylation is 2. The molecule has 1 aliphatic carbocycles. The molecule has 1 fully saturated rings. The number of aliphatic hydroxyl groups excluding tert-OH is 1. The number of nitrogens with one attached hydrogen (secondary N) is 2. The van der Waals surface area contributed by atoms with Gasteiger partial charge < -0.3 is 15.2 Å². The Kier molecular flexibility index (Phi) is 9.12. The molecule has 12 heteroatoms. The van der Waals surface area contributed by atoms with Crippen molar-refractivity contribution >= 4 is 21.6 Å². The summed E-state index contributed by atoms with van der Waals surface area (Å²) in [7, 11) is -3.93. The monoisotopic (exact) mass is 617 g/mol. The van der Waals surface area contributed by atoms with Gasteiger partial charge in [0.2, 0.25) is 15.9 Å². The first-order valence-electron chi connectivity index (χ1n) is 14.2. The van der Waals surface area contributed by atoms with Gasteiger partial charge in [0.15, 0.2) is 0 Å². The number of fused-ring (bicyclic) bond motifs is 1. The third-order valence-electron chi connectivity index (χ3n) is 7.98. The summed E-state index contributed by atoms with van der Waals surface area (Å²) in [6.07, 6.45) is -2.57. The number of alkyl halides is 3. The molecule has 0 spiro atoms. The van der Waals surface area contributed by atoms with E-state index in [9.17, 15) is 31.5 Å². The molecule has 0 saturated carbocycles. The van der Waals surface area contributed by atoms with E-state index in [1.54, 1.807) is 48.5 Å². The number of anilines is 1. The van der Waals surface area contributed by atoms with E-state index < -0.39 is 34.6 Å². The summed E-state index contributed by atoms with van der Waals surface area (Å²) in [6, 6.07) is 16.2. The quantitative estimate of drug-likeness (QED) is 0.309. The fraction of sp³-hybridized carbons (Fsp3) is 0.387. The molecule has 1 aliphatic heterocycles. The van der Waals surface area contributed by atoms with Gasteiger partial charge in [0, 0.05) is 12.2 Å². The SMILES string of the molecule is CCc1ccc(S(=O)(=O)N[C@@H]2c3cc(NC(=O)[C@H]4CCCN4Cc4ccc(OC(F)(F)F)cc4)ccc3CC[C@H]2O)cc1. The van der Waals surface area contributed by atoms with E-state index in [0.29, 0.717) is 43.6 Å². The predicted octanol–water partition coefficient (Wildman–Crippen LogP) is 5.08. The Morgan fingerprint density at radius 3 is 2.40 bits per heavy atom. The Morgan fingerprint density at radius 2 is 1.72 bits per heavy atom. The fourth-order valence-corrected chi connectivity index (χ4v) is 6.97. The zero-order valence-corrected chi connectivity index (χ0v) is 24.4. The number of sulfonamides is 1. The second kappa shape index (κ2) is 12.7. The van der Waals surface area contributed by atoms with E-state index in [2.05, 4.69) is 14.8 Å². The van der Waals surface area contributed by atoms with Gasteiger partial charge in [0.25, 0.3) is 0 Å². The maximum atomic E-state index is 13.3. The maximum absolute atomic E-state index is 13.3. The fourth-order valence-electron chi connectivity index (χ4n) is 5.72. The van der Waals surface area contributed by atoms with Crippen LogP contribution >= 0.6 is 0 Å². The number of rotatable bonds is 9. The van der Waals surface area contributed by atoms with Gasteiger partial charge in [-0.25, -0.2) is 13.1 Å². The van der Waals surface area contributed by atoms with E-state index in [1.165, 1.54) is 12.1 Å². The van der Waals surface area contributed by atoms with Crippen LogP contribution < -0.4 is 14.8 Å². The second-order valence-corrected chi connectivity index (χ2v) is 12.6. The van der Waals surface area contributed by atoms with Crippen molar-refractivity contribution in [2.45, 2.75) is 75.0 Å². The number of halogens is 3. The number of hydrogen-bond acceptors (Lipinski definition) is 6. The van der Waals surface area contributed by atoms with Crippen molar-refractivity contribution < 1.29 is 36.2 Å². The molecule has 5 rings (SSSR count). The zero-order chi connectivity index (χ0) is 30.8. The number of amides is 1. The minimum atomic E-state index is -4.76. The number of nitrogens with zero attached hydrogens (tertiary/aromatic N) is 1. The highest BCUT2D eigenvalue weighted by Gasteiger charge is 2.34. The van der Waals surface area contributed by atoms with Crippen LogP contribution in [0.1, 0.15) is 54.5 Å².